The Kier molecular flexibility index (Phi) is 3.79. The highest BCUT2D eigenvalue weighted by Crippen LogP contribution is 2.28. The summed E-state index contributed by atoms with van der Waals surface area (Å²) in [7, 11) is 0. The van der Waals surface area contributed by atoms with Gasteiger partial charge in [0.2, 0.25) is 0 Å². The maximum absolute atomic E-state index is 5.61. The lowest BCUT2D eigenvalue weighted by atomic mass is 9.99. The van der Waals surface area contributed by atoms with Crippen molar-refractivity contribution in [2.24, 2.45) is 0 Å². The molecule has 0 aliphatic carbocycles. The van der Waals surface area contributed by atoms with E-state index in [0.717, 1.165) is 24.2 Å². The van der Waals surface area contributed by atoms with Crippen LogP contribution in [0.1, 0.15) is 30.7 Å². The molecule has 3 nitrogen and oxygen atoms in total. The average Bonchev–Trinajstić information content (AvgIpc) is 3.02. The maximum atomic E-state index is 5.61. The molecule has 3 aromatic rings. The normalized spacial score (nSPS) is 12.7. The van der Waals surface area contributed by atoms with Gasteiger partial charge in [-0.05, 0) is 42.8 Å². The van der Waals surface area contributed by atoms with Gasteiger partial charge in [0.25, 0.3) is 0 Å². The van der Waals surface area contributed by atoms with Crippen LogP contribution < -0.4 is 5.32 Å². The van der Waals surface area contributed by atoms with Gasteiger partial charge in [0, 0.05) is 11.6 Å². The highest BCUT2D eigenvalue weighted by molar-refractivity contribution is 5.82. The van der Waals surface area contributed by atoms with Crippen LogP contribution in [0.5, 0.6) is 0 Å². The fourth-order valence-corrected chi connectivity index (χ4v) is 2.49. The van der Waals surface area contributed by atoms with Gasteiger partial charge in [0.1, 0.15) is 5.76 Å². The summed E-state index contributed by atoms with van der Waals surface area (Å²) in [5, 5.41) is 4.73. The molecule has 0 saturated heterocycles. The zero-order valence-electron chi connectivity index (χ0n) is 11.5. The summed E-state index contributed by atoms with van der Waals surface area (Å²) in [4.78, 5) is 4.43. The summed E-state index contributed by atoms with van der Waals surface area (Å²) >= 11 is 0. The quantitative estimate of drug-likeness (QED) is 0.760. The summed E-state index contributed by atoms with van der Waals surface area (Å²) in [5.41, 5.74) is 2.22. The van der Waals surface area contributed by atoms with E-state index in [1.54, 1.807) is 6.26 Å². The number of furan rings is 1. The summed E-state index contributed by atoms with van der Waals surface area (Å²) in [6, 6.07) is 14.3. The van der Waals surface area contributed by atoms with Gasteiger partial charge in [0.05, 0.1) is 17.8 Å². The number of nitrogens with zero attached hydrogens (tertiary/aromatic N) is 1. The smallest absolute Gasteiger partial charge is 0.125 e. The minimum atomic E-state index is 0.0675. The van der Waals surface area contributed by atoms with Crippen LogP contribution in [0.3, 0.4) is 0 Å². The van der Waals surface area contributed by atoms with Crippen molar-refractivity contribution in [3.8, 4) is 0 Å². The predicted molar refractivity (Wildman–Crippen MR) is 80.6 cm³/mol. The molecule has 1 unspecified atom stereocenters. The lowest BCUT2D eigenvalue weighted by Gasteiger charge is -2.18. The molecule has 0 spiro atoms. The van der Waals surface area contributed by atoms with Crippen LogP contribution in [0.15, 0.2) is 59.3 Å². The van der Waals surface area contributed by atoms with Crippen molar-refractivity contribution in [2.45, 2.75) is 19.4 Å². The fraction of sp³-hybridized carbons (Fsp3) is 0.235. The van der Waals surface area contributed by atoms with Gasteiger partial charge in [-0.2, -0.15) is 0 Å². The third kappa shape index (κ3) is 2.45. The van der Waals surface area contributed by atoms with Gasteiger partial charge in [-0.1, -0.05) is 25.1 Å². The molecule has 0 radical (unpaired) electrons. The minimum Gasteiger partial charge on any atom is -0.467 e. The van der Waals surface area contributed by atoms with Crippen molar-refractivity contribution >= 4 is 10.9 Å². The van der Waals surface area contributed by atoms with Crippen LogP contribution in [-0.4, -0.2) is 11.5 Å². The SMILES string of the molecule is CCCNC(c1ccco1)c1cccc2ncccc12. The third-order valence-electron chi connectivity index (χ3n) is 3.42. The van der Waals surface area contributed by atoms with Crippen LogP contribution in [-0.2, 0) is 0 Å². The summed E-state index contributed by atoms with van der Waals surface area (Å²) in [5.74, 6) is 0.940. The van der Waals surface area contributed by atoms with Crippen molar-refractivity contribution in [1.29, 1.82) is 0 Å². The Balaban J connectivity index is 2.09. The number of hydrogen-bond acceptors (Lipinski definition) is 3. The second-order valence-corrected chi connectivity index (χ2v) is 4.82. The van der Waals surface area contributed by atoms with Gasteiger partial charge in [0.15, 0.2) is 0 Å². The van der Waals surface area contributed by atoms with E-state index in [9.17, 15) is 0 Å². The fourth-order valence-electron chi connectivity index (χ4n) is 2.49. The molecule has 0 aliphatic rings. The lowest BCUT2D eigenvalue weighted by molar-refractivity contribution is 0.448. The predicted octanol–water partition coefficient (Wildman–Crippen LogP) is 3.92. The van der Waals surface area contributed by atoms with E-state index in [4.69, 9.17) is 4.42 Å². The monoisotopic (exact) mass is 266 g/mol. The van der Waals surface area contributed by atoms with E-state index < -0.39 is 0 Å². The van der Waals surface area contributed by atoms with E-state index in [-0.39, 0.29) is 6.04 Å². The van der Waals surface area contributed by atoms with Gasteiger partial charge < -0.3 is 9.73 Å². The van der Waals surface area contributed by atoms with Crippen molar-refractivity contribution in [1.82, 2.24) is 10.3 Å². The zero-order chi connectivity index (χ0) is 13.8. The van der Waals surface area contributed by atoms with Crippen LogP contribution >= 0.6 is 0 Å². The minimum absolute atomic E-state index is 0.0675. The highest BCUT2D eigenvalue weighted by atomic mass is 16.3. The zero-order valence-corrected chi connectivity index (χ0v) is 11.5. The highest BCUT2D eigenvalue weighted by Gasteiger charge is 2.18. The van der Waals surface area contributed by atoms with E-state index >= 15 is 0 Å². The molecule has 1 atom stereocenters. The van der Waals surface area contributed by atoms with E-state index in [1.165, 1.54) is 10.9 Å². The number of rotatable bonds is 5. The lowest BCUT2D eigenvalue weighted by Crippen LogP contribution is -2.23. The standard InChI is InChI=1S/C17H18N2O/c1-2-10-19-17(16-9-5-12-20-16)14-6-3-8-15-13(14)7-4-11-18-15/h3-9,11-12,17,19H,2,10H2,1H3. The van der Waals surface area contributed by atoms with Crippen molar-refractivity contribution in [3.05, 3.63) is 66.2 Å². The molecule has 0 saturated carbocycles. The van der Waals surface area contributed by atoms with Crippen molar-refractivity contribution in [2.75, 3.05) is 6.54 Å². The van der Waals surface area contributed by atoms with Crippen LogP contribution in [0.2, 0.25) is 0 Å². The summed E-state index contributed by atoms with van der Waals surface area (Å²) in [6.45, 7) is 3.11. The number of nitrogens with one attached hydrogen (secondary N) is 1. The first-order valence-electron chi connectivity index (χ1n) is 7.00. The molecule has 20 heavy (non-hydrogen) atoms. The molecule has 1 N–H and O–H groups in total. The van der Waals surface area contributed by atoms with Gasteiger partial charge in [-0.25, -0.2) is 0 Å². The van der Waals surface area contributed by atoms with E-state index in [0.29, 0.717) is 0 Å². The molecular weight excluding hydrogens is 248 g/mol. The molecule has 3 rings (SSSR count). The Bertz CT molecular complexity index is 671. The Hall–Kier alpha value is -2.13. The van der Waals surface area contributed by atoms with Gasteiger partial charge in [-0.15, -0.1) is 0 Å². The molecule has 0 aliphatic heterocycles. The third-order valence-corrected chi connectivity index (χ3v) is 3.42. The number of aromatic nitrogens is 1. The molecular formula is C17H18N2O. The molecule has 3 heteroatoms. The number of benzene rings is 1. The largest absolute Gasteiger partial charge is 0.467 e. The summed E-state index contributed by atoms with van der Waals surface area (Å²) < 4.78 is 5.61. The average molecular weight is 266 g/mol. The Morgan fingerprint density at radius 2 is 2.10 bits per heavy atom. The first-order valence-corrected chi connectivity index (χ1v) is 7.00. The van der Waals surface area contributed by atoms with Crippen molar-refractivity contribution in [3.63, 3.8) is 0 Å². The molecule has 0 bridgehead atoms. The van der Waals surface area contributed by atoms with E-state index in [1.807, 2.05) is 36.5 Å². The topological polar surface area (TPSA) is 38.1 Å². The van der Waals surface area contributed by atoms with Gasteiger partial charge in [-0.3, -0.25) is 4.98 Å². The van der Waals surface area contributed by atoms with Gasteiger partial charge >= 0.3 is 0 Å². The molecule has 0 amide bonds. The summed E-state index contributed by atoms with van der Waals surface area (Å²) in [6.07, 6.45) is 4.63. The Labute approximate surface area is 118 Å². The number of fused-ring (bicyclic) bond motifs is 1. The van der Waals surface area contributed by atoms with Crippen LogP contribution in [0.4, 0.5) is 0 Å². The Morgan fingerprint density at radius 3 is 2.90 bits per heavy atom. The molecule has 1 aromatic carbocycles. The second kappa shape index (κ2) is 5.88. The Morgan fingerprint density at radius 1 is 1.15 bits per heavy atom. The molecule has 102 valence electrons. The van der Waals surface area contributed by atoms with E-state index in [2.05, 4.69) is 29.4 Å². The maximum Gasteiger partial charge on any atom is 0.125 e. The molecule has 2 aromatic heterocycles. The van der Waals surface area contributed by atoms with Crippen LogP contribution in [0.25, 0.3) is 10.9 Å². The number of hydrogen-bond donors (Lipinski definition) is 1. The molecule has 2 heterocycles. The first-order chi connectivity index (χ1) is 9.90. The van der Waals surface area contributed by atoms with Crippen molar-refractivity contribution < 1.29 is 4.42 Å². The molecule has 0 fully saturated rings. The first kappa shape index (κ1) is 12.9. The second-order valence-electron chi connectivity index (χ2n) is 4.82. The van der Waals surface area contributed by atoms with Crippen LogP contribution in [0, 0.1) is 0 Å². The number of pyridine rings is 1.